The number of methoxy groups -OCH3 is 1. The number of amides is 1. The first-order valence-corrected chi connectivity index (χ1v) is 5.01. The van der Waals surface area contributed by atoms with Gasteiger partial charge in [-0.2, -0.15) is 0 Å². The highest BCUT2D eigenvalue weighted by Crippen LogP contribution is 2.04. The average molecular weight is 226 g/mol. The summed E-state index contributed by atoms with van der Waals surface area (Å²) in [5.74, 6) is -0.846. The molecule has 88 valence electrons. The van der Waals surface area contributed by atoms with Crippen LogP contribution < -0.4 is 5.32 Å². The maximum absolute atomic E-state index is 13.2. The van der Waals surface area contributed by atoms with Crippen LogP contribution in [0.2, 0.25) is 0 Å². The number of hydrogen-bond donors (Lipinski definition) is 1. The van der Waals surface area contributed by atoms with E-state index in [4.69, 9.17) is 4.74 Å². The fourth-order valence-corrected chi connectivity index (χ4v) is 1.26. The Labute approximate surface area is 93.8 Å². The lowest BCUT2D eigenvalue weighted by atomic mass is 10.2. The number of halogens is 1. The zero-order chi connectivity index (χ0) is 12.0. The van der Waals surface area contributed by atoms with Crippen molar-refractivity contribution in [3.05, 3.63) is 29.8 Å². The van der Waals surface area contributed by atoms with Crippen molar-refractivity contribution in [3.8, 4) is 0 Å². The zero-order valence-electron chi connectivity index (χ0n) is 9.37. The average Bonchev–Trinajstić information content (AvgIpc) is 2.27. The van der Waals surface area contributed by atoms with Crippen molar-refractivity contribution in [1.82, 2.24) is 10.3 Å². The number of nitrogens with one attached hydrogen (secondary N) is 1. The summed E-state index contributed by atoms with van der Waals surface area (Å²) < 4.78 is 18.1. The van der Waals surface area contributed by atoms with E-state index < -0.39 is 11.7 Å². The van der Waals surface area contributed by atoms with Gasteiger partial charge in [0.15, 0.2) is 5.82 Å². The number of carbonyl (C=O) groups is 1. The van der Waals surface area contributed by atoms with Gasteiger partial charge in [-0.05, 0) is 12.0 Å². The maximum Gasteiger partial charge on any atom is 0.254 e. The Bertz CT molecular complexity index is 358. The Morgan fingerprint density at radius 3 is 3.06 bits per heavy atom. The van der Waals surface area contributed by atoms with Crippen molar-refractivity contribution < 1.29 is 13.9 Å². The predicted molar refractivity (Wildman–Crippen MR) is 57.6 cm³/mol. The SMILES string of the molecule is COCC(C)CNC(=O)c1ccncc1F. The van der Waals surface area contributed by atoms with Crippen molar-refractivity contribution in [2.45, 2.75) is 6.92 Å². The predicted octanol–water partition coefficient (Wildman–Crippen LogP) is 1.23. The number of hydrogen-bond acceptors (Lipinski definition) is 3. The van der Waals surface area contributed by atoms with Crippen LogP contribution in [-0.4, -0.2) is 31.2 Å². The molecule has 0 spiro atoms. The van der Waals surface area contributed by atoms with Crippen molar-refractivity contribution in [2.75, 3.05) is 20.3 Å². The van der Waals surface area contributed by atoms with Gasteiger partial charge >= 0.3 is 0 Å². The molecule has 0 fully saturated rings. The van der Waals surface area contributed by atoms with Gasteiger partial charge in [-0.15, -0.1) is 0 Å². The molecule has 1 rings (SSSR count). The first-order valence-electron chi connectivity index (χ1n) is 5.01. The quantitative estimate of drug-likeness (QED) is 0.821. The molecule has 1 aromatic heterocycles. The molecular weight excluding hydrogens is 211 g/mol. The summed E-state index contributed by atoms with van der Waals surface area (Å²) in [6, 6.07) is 1.35. The van der Waals surface area contributed by atoms with Gasteiger partial charge in [-0.3, -0.25) is 9.78 Å². The summed E-state index contributed by atoms with van der Waals surface area (Å²) in [6.45, 7) is 2.94. The third-order valence-electron chi connectivity index (χ3n) is 2.08. The Balaban J connectivity index is 2.50. The number of pyridine rings is 1. The molecule has 1 heterocycles. The van der Waals surface area contributed by atoms with E-state index in [2.05, 4.69) is 10.3 Å². The maximum atomic E-state index is 13.2. The van der Waals surface area contributed by atoms with Crippen LogP contribution in [0.15, 0.2) is 18.5 Å². The van der Waals surface area contributed by atoms with Crippen LogP contribution in [0, 0.1) is 11.7 Å². The van der Waals surface area contributed by atoms with Gasteiger partial charge in [0, 0.05) is 19.9 Å². The molecule has 0 bridgehead atoms. The molecule has 16 heavy (non-hydrogen) atoms. The minimum atomic E-state index is -0.612. The third-order valence-corrected chi connectivity index (χ3v) is 2.08. The zero-order valence-corrected chi connectivity index (χ0v) is 9.37. The number of ether oxygens (including phenoxy) is 1. The molecule has 1 unspecified atom stereocenters. The molecule has 0 aromatic carbocycles. The summed E-state index contributed by atoms with van der Waals surface area (Å²) in [4.78, 5) is 15.1. The highest BCUT2D eigenvalue weighted by atomic mass is 19.1. The lowest BCUT2D eigenvalue weighted by Crippen LogP contribution is -2.30. The molecule has 5 heteroatoms. The van der Waals surface area contributed by atoms with E-state index in [1.807, 2.05) is 6.92 Å². The molecule has 1 amide bonds. The Hall–Kier alpha value is -1.49. The van der Waals surface area contributed by atoms with Crippen molar-refractivity contribution in [3.63, 3.8) is 0 Å². The molecule has 0 aliphatic rings. The normalized spacial score (nSPS) is 12.2. The van der Waals surface area contributed by atoms with Crippen LogP contribution in [0.25, 0.3) is 0 Å². The number of aromatic nitrogens is 1. The summed E-state index contributed by atoms with van der Waals surface area (Å²) >= 11 is 0. The molecule has 0 radical (unpaired) electrons. The molecular formula is C11H15FN2O2. The molecule has 1 aromatic rings. The summed E-state index contributed by atoms with van der Waals surface area (Å²) in [5, 5.41) is 2.64. The second-order valence-corrected chi connectivity index (χ2v) is 3.63. The van der Waals surface area contributed by atoms with E-state index in [0.717, 1.165) is 6.20 Å². The second kappa shape index (κ2) is 6.17. The first kappa shape index (κ1) is 12.6. The Morgan fingerprint density at radius 2 is 2.44 bits per heavy atom. The standard InChI is InChI=1S/C11H15FN2O2/c1-8(7-16-2)5-14-11(15)9-3-4-13-6-10(9)12/h3-4,6,8H,5,7H2,1-2H3,(H,14,15). The second-order valence-electron chi connectivity index (χ2n) is 3.63. The van der Waals surface area contributed by atoms with Gasteiger partial charge in [-0.1, -0.05) is 6.92 Å². The Kier molecular flexibility index (Phi) is 4.85. The van der Waals surface area contributed by atoms with Crippen LogP contribution in [0.4, 0.5) is 4.39 Å². The van der Waals surface area contributed by atoms with Crippen molar-refractivity contribution >= 4 is 5.91 Å². The fraction of sp³-hybridized carbons (Fsp3) is 0.455. The van der Waals surface area contributed by atoms with Crippen LogP contribution in [0.3, 0.4) is 0 Å². The largest absolute Gasteiger partial charge is 0.384 e. The lowest BCUT2D eigenvalue weighted by Gasteiger charge is -2.11. The molecule has 1 N–H and O–H groups in total. The van der Waals surface area contributed by atoms with Gasteiger partial charge in [-0.25, -0.2) is 4.39 Å². The van der Waals surface area contributed by atoms with Crippen molar-refractivity contribution in [1.29, 1.82) is 0 Å². The van der Waals surface area contributed by atoms with Crippen LogP contribution in [0.1, 0.15) is 17.3 Å². The first-order chi connectivity index (χ1) is 7.65. The fourth-order valence-electron chi connectivity index (χ4n) is 1.26. The molecule has 0 aliphatic heterocycles. The molecule has 4 nitrogen and oxygen atoms in total. The van der Waals surface area contributed by atoms with E-state index in [1.54, 1.807) is 7.11 Å². The summed E-state index contributed by atoms with van der Waals surface area (Å²) in [6.07, 6.45) is 2.41. The van der Waals surface area contributed by atoms with Crippen LogP contribution in [-0.2, 0) is 4.74 Å². The molecule has 1 atom stereocenters. The van der Waals surface area contributed by atoms with Gasteiger partial charge < -0.3 is 10.1 Å². The minimum absolute atomic E-state index is 0.0135. The van der Waals surface area contributed by atoms with Gasteiger partial charge in [0.05, 0.1) is 18.4 Å². The van der Waals surface area contributed by atoms with E-state index in [-0.39, 0.29) is 11.5 Å². The summed E-state index contributed by atoms with van der Waals surface area (Å²) in [5.41, 5.74) is 0.0135. The van der Waals surface area contributed by atoms with Gasteiger partial charge in [0.1, 0.15) is 0 Å². The number of nitrogens with zero attached hydrogens (tertiary/aromatic N) is 1. The monoisotopic (exact) mass is 226 g/mol. The van der Waals surface area contributed by atoms with Crippen molar-refractivity contribution in [2.24, 2.45) is 5.92 Å². The van der Waals surface area contributed by atoms with Crippen LogP contribution in [0.5, 0.6) is 0 Å². The lowest BCUT2D eigenvalue weighted by molar-refractivity contribution is 0.0930. The van der Waals surface area contributed by atoms with E-state index >= 15 is 0 Å². The number of rotatable bonds is 5. The van der Waals surface area contributed by atoms with Gasteiger partial charge in [0.25, 0.3) is 5.91 Å². The highest BCUT2D eigenvalue weighted by Gasteiger charge is 2.11. The summed E-state index contributed by atoms with van der Waals surface area (Å²) in [7, 11) is 1.60. The molecule has 0 aliphatic carbocycles. The number of carbonyl (C=O) groups excluding carboxylic acids is 1. The van der Waals surface area contributed by atoms with Gasteiger partial charge in [0.2, 0.25) is 0 Å². The highest BCUT2D eigenvalue weighted by molar-refractivity contribution is 5.94. The van der Waals surface area contributed by atoms with E-state index in [9.17, 15) is 9.18 Å². The minimum Gasteiger partial charge on any atom is -0.384 e. The Morgan fingerprint density at radius 1 is 1.69 bits per heavy atom. The smallest absolute Gasteiger partial charge is 0.254 e. The topological polar surface area (TPSA) is 51.2 Å². The molecule has 0 saturated carbocycles. The molecule has 0 saturated heterocycles. The van der Waals surface area contributed by atoms with Crippen LogP contribution >= 0.6 is 0 Å². The van der Waals surface area contributed by atoms with E-state index in [0.29, 0.717) is 13.2 Å². The third kappa shape index (κ3) is 3.58. The van der Waals surface area contributed by atoms with E-state index in [1.165, 1.54) is 12.3 Å².